The van der Waals surface area contributed by atoms with Crippen LogP contribution in [0.3, 0.4) is 0 Å². The zero-order chi connectivity index (χ0) is 13.8. The smallest absolute Gasteiger partial charge is 0.160 e. The first kappa shape index (κ1) is 13.4. The Hall–Kier alpha value is -0.610. The van der Waals surface area contributed by atoms with E-state index in [2.05, 4.69) is 44.3 Å². The second-order valence-corrected chi connectivity index (χ2v) is 7.42. The van der Waals surface area contributed by atoms with Crippen molar-refractivity contribution < 1.29 is 0 Å². The standard InChI is InChI=1S/C14H17BrClN3/c1-8(16)12-18-11-6-10(15)7-17-13(11)19(12)14(2,3)9-4-5-9/h6-9H,4-5H2,1-3H3. The van der Waals surface area contributed by atoms with Crippen LogP contribution in [0, 0.1) is 5.92 Å². The average molecular weight is 343 g/mol. The van der Waals surface area contributed by atoms with Gasteiger partial charge in [-0.2, -0.15) is 0 Å². The van der Waals surface area contributed by atoms with Crippen molar-refractivity contribution in [3.63, 3.8) is 0 Å². The SMILES string of the molecule is CC(Cl)c1nc2cc(Br)cnc2n1C(C)(C)C1CC1. The normalized spacial score (nSPS) is 17.9. The summed E-state index contributed by atoms with van der Waals surface area (Å²) in [6, 6.07) is 2.00. The molecule has 0 aromatic carbocycles. The average Bonchev–Trinajstić information content (AvgIpc) is 3.10. The predicted molar refractivity (Wildman–Crippen MR) is 81.5 cm³/mol. The third kappa shape index (κ3) is 2.19. The van der Waals surface area contributed by atoms with E-state index in [0.29, 0.717) is 5.92 Å². The Labute approximate surface area is 126 Å². The lowest BCUT2D eigenvalue weighted by Gasteiger charge is -2.29. The lowest BCUT2D eigenvalue weighted by atomic mass is 9.98. The molecule has 102 valence electrons. The molecule has 0 spiro atoms. The molecule has 1 fully saturated rings. The van der Waals surface area contributed by atoms with Gasteiger partial charge in [-0.05, 0) is 61.5 Å². The highest BCUT2D eigenvalue weighted by Crippen LogP contribution is 2.46. The molecule has 5 heteroatoms. The van der Waals surface area contributed by atoms with Crippen LogP contribution in [-0.2, 0) is 5.54 Å². The van der Waals surface area contributed by atoms with Crippen LogP contribution in [0.1, 0.15) is 44.8 Å². The third-order valence-electron chi connectivity index (χ3n) is 4.00. The Balaban J connectivity index is 2.27. The Morgan fingerprint density at radius 2 is 2.16 bits per heavy atom. The zero-order valence-electron chi connectivity index (χ0n) is 11.3. The Morgan fingerprint density at radius 1 is 1.47 bits per heavy atom. The molecule has 0 saturated heterocycles. The van der Waals surface area contributed by atoms with Gasteiger partial charge < -0.3 is 4.57 Å². The van der Waals surface area contributed by atoms with E-state index in [0.717, 1.165) is 21.5 Å². The number of alkyl halides is 1. The van der Waals surface area contributed by atoms with Gasteiger partial charge in [0.2, 0.25) is 0 Å². The summed E-state index contributed by atoms with van der Waals surface area (Å²) < 4.78 is 3.19. The highest BCUT2D eigenvalue weighted by molar-refractivity contribution is 9.10. The van der Waals surface area contributed by atoms with E-state index in [-0.39, 0.29) is 10.9 Å². The van der Waals surface area contributed by atoms with E-state index >= 15 is 0 Å². The van der Waals surface area contributed by atoms with Gasteiger partial charge >= 0.3 is 0 Å². The van der Waals surface area contributed by atoms with Crippen LogP contribution in [0.5, 0.6) is 0 Å². The molecular formula is C14H17BrClN3. The molecule has 0 radical (unpaired) electrons. The molecule has 2 aromatic heterocycles. The zero-order valence-corrected chi connectivity index (χ0v) is 13.7. The van der Waals surface area contributed by atoms with Crippen LogP contribution in [0.4, 0.5) is 0 Å². The maximum Gasteiger partial charge on any atom is 0.160 e. The molecule has 0 bridgehead atoms. The highest BCUT2D eigenvalue weighted by atomic mass is 79.9. The number of halogens is 2. The molecule has 1 aliphatic carbocycles. The van der Waals surface area contributed by atoms with Gasteiger partial charge in [0, 0.05) is 16.2 Å². The van der Waals surface area contributed by atoms with E-state index in [9.17, 15) is 0 Å². The molecule has 0 amide bonds. The molecule has 1 saturated carbocycles. The number of hydrogen-bond acceptors (Lipinski definition) is 2. The molecule has 0 aliphatic heterocycles. The highest BCUT2D eigenvalue weighted by Gasteiger charge is 2.41. The van der Waals surface area contributed by atoms with Crippen molar-refractivity contribution in [3.05, 3.63) is 22.6 Å². The monoisotopic (exact) mass is 341 g/mol. The molecule has 1 aliphatic rings. The van der Waals surface area contributed by atoms with Crippen LogP contribution >= 0.6 is 27.5 Å². The van der Waals surface area contributed by atoms with Crippen molar-refractivity contribution in [2.24, 2.45) is 5.92 Å². The summed E-state index contributed by atoms with van der Waals surface area (Å²) >= 11 is 9.78. The molecule has 1 unspecified atom stereocenters. The number of fused-ring (bicyclic) bond motifs is 1. The fourth-order valence-electron chi connectivity index (χ4n) is 2.77. The van der Waals surface area contributed by atoms with Gasteiger partial charge in [-0.1, -0.05) is 0 Å². The number of pyridine rings is 1. The van der Waals surface area contributed by atoms with Gasteiger partial charge in [0.05, 0.1) is 5.38 Å². The van der Waals surface area contributed by atoms with Gasteiger partial charge in [0.1, 0.15) is 11.3 Å². The van der Waals surface area contributed by atoms with Crippen molar-refractivity contribution in [1.82, 2.24) is 14.5 Å². The Bertz CT molecular complexity index is 629. The number of nitrogens with zero attached hydrogens (tertiary/aromatic N) is 3. The van der Waals surface area contributed by atoms with E-state index in [1.807, 2.05) is 19.2 Å². The first-order valence-corrected chi connectivity index (χ1v) is 7.82. The van der Waals surface area contributed by atoms with Crippen molar-refractivity contribution >= 4 is 38.7 Å². The van der Waals surface area contributed by atoms with E-state index in [1.165, 1.54) is 12.8 Å². The first-order valence-electron chi connectivity index (χ1n) is 6.59. The second-order valence-electron chi connectivity index (χ2n) is 5.85. The summed E-state index contributed by atoms with van der Waals surface area (Å²) in [7, 11) is 0. The molecule has 1 atom stereocenters. The fraction of sp³-hybridized carbons (Fsp3) is 0.571. The predicted octanol–water partition coefficient (Wildman–Crippen LogP) is 4.64. The first-order chi connectivity index (χ1) is 8.91. The van der Waals surface area contributed by atoms with Crippen molar-refractivity contribution in [1.29, 1.82) is 0 Å². The van der Waals surface area contributed by atoms with Gasteiger partial charge in [-0.15, -0.1) is 11.6 Å². The summed E-state index contributed by atoms with van der Waals surface area (Å²) in [5, 5.41) is -0.119. The van der Waals surface area contributed by atoms with E-state index < -0.39 is 0 Å². The summed E-state index contributed by atoms with van der Waals surface area (Å²) in [6.45, 7) is 6.49. The van der Waals surface area contributed by atoms with Gasteiger partial charge in [-0.25, -0.2) is 9.97 Å². The second kappa shape index (κ2) is 4.45. The minimum atomic E-state index is -0.119. The van der Waals surface area contributed by atoms with Crippen LogP contribution in [0.25, 0.3) is 11.2 Å². The van der Waals surface area contributed by atoms with Gasteiger partial charge in [-0.3, -0.25) is 0 Å². The van der Waals surface area contributed by atoms with Crippen LogP contribution in [0.2, 0.25) is 0 Å². The maximum absolute atomic E-state index is 6.33. The fourth-order valence-corrected chi connectivity index (χ4v) is 3.23. The van der Waals surface area contributed by atoms with Crippen LogP contribution in [0.15, 0.2) is 16.7 Å². The van der Waals surface area contributed by atoms with Crippen molar-refractivity contribution in [2.45, 2.75) is 44.5 Å². The maximum atomic E-state index is 6.33. The van der Waals surface area contributed by atoms with E-state index in [4.69, 9.17) is 11.6 Å². The molecule has 3 rings (SSSR count). The van der Waals surface area contributed by atoms with E-state index in [1.54, 1.807) is 0 Å². The lowest BCUT2D eigenvalue weighted by molar-refractivity contribution is 0.302. The lowest BCUT2D eigenvalue weighted by Crippen LogP contribution is -2.30. The molecule has 19 heavy (non-hydrogen) atoms. The number of aromatic nitrogens is 3. The summed E-state index contributed by atoms with van der Waals surface area (Å²) in [5.41, 5.74) is 1.86. The minimum absolute atomic E-state index is 0.0219. The van der Waals surface area contributed by atoms with Crippen LogP contribution in [-0.4, -0.2) is 14.5 Å². The quantitative estimate of drug-likeness (QED) is 0.761. The molecule has 0 N–H and O–H groups in total. The third-order valence-corrected chi connectivity index (χ3v) is 4.63. The largest absolute Gasteiger partial charge is 0.306 e. The number of imidazole rings is 1. The van der Waals surface area contributed by atoms with Crippen molar-refractivity contribution in [3.8, 4) is 0 Å². The number of rotatable bonds is 3. The topological polar surface area (TPSA) is 30.7 Å². The van der Waals surface area contributed by atoms with Crippen LogP contribution < -0.4 is 0 Å². The minimum Gasteiger partial charge on any atom is -0.306 e. The summed E-state index contributed by atoms with van der Waals surface area (Å²) in [6.07, 6.45) is 4.38. The Morgan fingerprint density at radius 3 is 2.74 bits per heavy atom. The van der Waals surface area contributed by atoms with Crippen molar-refractivity contribution in [2.75, 3.05) is 0 Å². The molecule has 3 nitrogen and oxygen atoms in total. The Kier molecular flexibility index (Phi) is 3.13. The van der Waals surface area contributed by atoms with Gasteiger partial charge in [0.25, 0.3) is 0 Å². The summed E-state index contributed by atoms with van der Waals surface area (Å²) in [4.78, 5) is 9.24. The van der Waals surface area contributed by atoms with Gasteiger partial charge in [0.15, 0.2) is 5.65 Å². The molecular weight excluding hydrogens is 326 g/mol. The molecule has 2 heterocycles. The molecule has 2 aromatic rings. The number of hydrogen-bond donors (Lipinski definition) is 0. The summed E-state index contributed by atoms with van der Waals surface area (Å²) in [5.74, 6) is 1.61.